The van der Waals surface area contributed by atoms with Crippen molar-refractivity contribution >= 4 is 33.2 Å². The second kappa shape index (κ2) is 6.97. The molecule has 0 spiro atoms. The van der Waals surface area contributed by atoms with Crippen LogP contribution in [0.25, 0.3) is 0 Å². The molecular weight excluding hydrogens is 345 g/mol. The first-order chi connectivity index (χ1) is 9.56. The minimum atomic E-state index is -0.882. The van der Waals surface area contributed by atoms with E-state index in [9.17, 15) is 9.18 Å². The van der Waals surface area contributed by atoms with E-state index in [-0.39, 0.29) is 24.8 Å². The lowest BCUT2D eigenvalue weighted by Gasteiger charge is -2.16. The van der Waals surface area contributed by atoms with Crippen LogP contribution in [0.1, 0.15) is 22.9 Å². The van der Waals surface area contributed by atoms with Gasteiger partial charge in [-0.1, -0.05) is 28.1 Å². The highest BCUT2D eigenvalue weighted by molar-refractivity contribution is 9.10. The zero-order chi connectivity index (χ0) is 14.5. The van der Waals surface area contributed by atoms with Gasteiger partial charge in [0.25, 0.3) is 0 Å². The van der Waals surface area contributed by atoms with Crippen LogP contribution in [-0.2, 0) is 11.3 Å². The van der Waals surface area contributed by atoms with Gasteiger partial charge < -0.3 is 10.4 Å². The lowest BCUT2D eigenvalue weighted by molar-refractivity contribution is -0.137. The molecule has 0 amide bonds. The van der Waals surface area contributed by atoms with Crippen molar-refractivity contribution in [1.29, 1.82) is 0 Å². The standard InChI is InChI=1S/C14H13BrFNO2S/c15-10-4-3-9(11(16)6-10)8-17-12(7-14(18)19)13-2-1-5-20-13/h1-6,12,17H,7-8H2,(H,18,19). The number of carbonyl (C=O) groups is 1. The Labute approximate surface area is 128 Å². The molecule has 1 heterocycles. The summed E-state index contributed by atoms with van der Waals surface area (Å²) in [5, 5.41) is 14.0. The van der Waals surface area contributed by atoms with E-state index in [4.69, 9.17) is 5.11 Å². The number of carboxylic acids is 1. The second-order valence-electron chi connectivity index (χ2n) is 4.28. The van der Waals surface area contributed by atoms with Gasteiger partial charge in [0.15, 0.2) is 0 Å². The average Bonchev–Trinajstić information content (AvgIpc) is 2.89. The number of carboxylic acid groups (broad SMARTS) is 1. The van der Waals surface area contributed by atoms with Crippen molar-refractivity contribution in [3.8, 4) is 0 Å². The predicted octanol–water partition coefficient (Wildman–Crippen LogP) is 3.96. The fourth-order valence-electron chi connectivity index (χ4n) is 1.84. The Bertz CT molecular complexity index is 589. The molecule has 20 heavy (non-hydrogen) atoms. The van der Waals surface area contributed by atoms with Crippen LogP contribution >= 0.6 is 27.3 Å². The maximum absolute atomic E-state index is 13.7. The molecule has 106 valence electrons. The van der Waals surface area contributed by atoms with Gasteiger partial charge in [0, 0.05) is 21.5 Å². The fraction of sp³-hybridized carbons (Fsp3) is 0.214. The van der Waals surface area contributed by atoms with Crippen LogP contribution in [0.4, 0.5) is 4.39 Å². The molecule has 0 aliphatic carbocycles. The number of nitrogens with one attached hydrogen (secondary N) is 1. The van der Waals surface area contributed by atoms with E-state index in [1.165, 1.54) is 17.4 Å². The first-order valence-electron chi connectivity index (χ1n) is 5.99. The zero-order valence-electron chi connectivity index (χ0n) is 10.5. The Kier molecular flexibility index (Phi) is 5.28. The number of hydrogen-bond donors (Lipinski definition) is 2. The van der Waals surface area contributed by atoms with Crippen molar-refractivity contribution in [1.82, 2.24) is 5.32 Å². The van der Waals surface area contributed by atoms with Crippen molar-refractivity contribution in [2.24, 2.45) is 0 Å². The van der Waals surface area contributed by atoms with Gasteiger partial charge in [0.2, 0.25) is 0 Å². The van der Waals surface area contributed by atoms with Crippen LogP contribution in [0, 0.1) is 5.82 Å². The van der Waals surface area contributed by atoms with Crippen LogP contribution in [0.5, 0.6) is 0 Å². The topological polar surface area (TPSA) is 49.3 Å². The smallest absolute Gasteiger partial charge is 0.305 e. The van der Waals surface area contributed by atoms with Crippen molar-refractivity contribution < 1.29 is 14.3 Å². The number of benzene rings is 1. The summed E-state index contributed by atoms with van der Waals surface area (Å²) < 4.78 is 14.4. The molecule has 2 N–H and O–H groups in total. The summed E-state index contributed by atoms with van der Waals surface area (Å²) in [7, 11) is 0. The van der Waals surface area contributed by atoms with Crippen molar-refractivity contribution in [3.05, 3.63) is 56.4 Å². The molecule has 1 aromatic heterocycles. The monoisotopic (exact) mass is 357 g/mol. The third kappa shape index (κ3) is 4.13. The second-order valence-corrected chi connectivity index (χ2v) is 6.18. The molecule has 1 aromatic carbocycles. The molecule has 1 unspecified atom stereocenters. The van der Waals surface area contributed by atoms with Crippen molar-refractivity contribution in [2.75, 3.05) is 0 Å². The van der Waals surface area contributed by atoms with Crippen LogP contribution in [-0.4, -0.2) is 11.1 Å². The molecule has 0 saturated carbocycles. The van der Waals surface area contributed by atoms with E-state index >= 15 is 0 Å². The highest BCUT2D eigenvalue weighted by atomic mass is 79.9. The molecule has 0 saturated heterocycles. The Balaban J connectivity index is 2.07. The van der Waals surface area contributed by atoms with Gasteiger partial charge in [-0.25, -0.2) is 4.39 Å². The third-order valence-electron chi connectivity index (χ3n) is 2.82. The van der Waals surface area contributed by atoms with Crippen molar-refractivity contribution in [3.63, 3.8) is 0 Å². The van der Waals surface area contributed by atoms with E-state index in [0.717, 1.165) is 4.88 Å². The highest BCUT2D eigenvalue weighted by Gasteiger charge is 2.16. The first kappa shape index (κ1) is 15.2. The molecule has 0 aliphatic rings. The number of halogens is 2. The zero-order valence-corrected chi connectivity index (χ0v) is 12.9. The molecule has 0 radical (unpaired) electrons. The van der Waals surface area contributed by atoms with E-state index in [1.807, 2.05) is 17.5 Å². The van der Waals surface area contributed by atoms with E-state index in [0.29, 0.717) is 10.0 Å². The van der Waals surface area contributed by atoms with Gasteiger partial charge in [0.05, 0.1) is 12.5 Å². The normalized spacial score (nSPS) is 12.3. The van der Waals surface area contributed by atoms with Crippen LogP contribution in [0.2, 0.25) is 0 Å². The molecule has 1 atom stereocenters. The molecule has 3 nitrogen and oxygen atoms in total. The highest BCUT2D eigenvalue weighted by Crippen LogP contribution is 2.23. The molecule has 0 bridgehead atoms. The van der Waals surface area contributed by atoms with Gasteiger partial charge >= 0.3 is 5.97 Å². The summed E-state index contributed by atoms with van der Waals surface area (Å²) in [5.74, 6) is -1.20. The van der Waals surface area contributed by atoms with Crippen LogP contribution in [0.3, 0.4) is 0 Å². The maximum atomic E-state index is 13.7. The minimum Gasteiger partial charge on any atom is -0.481 e. The summed E-state index contributed by atoms with van der Waals surface area (Å²) in [6, 6.07) is 8.28. The largest absolute Gasteiger partial charge is 0.481 e. The Hall–Kier alpha value is -1.24. The number of thiophene rings is 1. The summed E-state index contributed by atoms with van der Waals surface area (Å²) in [5.41, 5.74) is 0.514. The molecule has 2 aromatic rings. The quantitative estimate of drug-likeness (QED) is 0.822. The van der Waals surface area contributed by atoms with Gasteiger partial charge in [-0.2, -0.15) is 0 Å². The fourth-order valence-corrected chi connectivity index (χ4v) is 2.97. The number of hydrogen-bond acceptors (Lipinski definition) is 3. The van der Waals surface area contributed by atoms with E-state index in [2.05, 4.69) is 21.2 Å². The molecule has 0 fully saturated rings. The van der Waals surface area contributed by atoms with Crippen molar-refractivity contribution in [2.45, 2.75) is 19.0 Å². The third-order valence-corrected chi connectivity index (χ3v) is 4.30. The number of rotatable bonds is 6. The summed E-state index contributed by atoms with van der Waals surface area (Å²) in [4.78, 5) is 11.8. The SMILES string of the molecule is O=C(O)CC(NCc1ccc(Br)cc1F)c1cccs1. The predicted molar refractivity (Wildman–Crippen MR) is 80.3 cm³/mol. The Morgan fingerprint density at radius 3 is 2.85 bits per heavy atom. The van der Waals surface area contributed by atoms with Crippen LogP contribution < -0.4 is 5.32 Å². The first-order valence-corrected chi connectivity index (χ1v) is 7.66. The average molecular weight is 358 g/mol. The summed E-state index contributed by atoms with van der Waals surface area (Å²) in [6.07, 6.45) is -0.0291. The summed E-state index contributed by atoms with van der Waals surface area (Å²) in [6.45, 7) is 0.287. The molecule has 6 heteroatoms. The lowest BCUT2D eigenvalue weighted by atomic mass is 10.1. The molecular formula is C14H13BrFNO2S. The van der Waals surface area contributed by atoms with Crippen LogP contribution in [0.15, 0.2) is 40.2 Å². The Morgan fingerprint density at radius 2 is 2.25 bits per heavy atom. The molecule has 2 rings (SSSR count). The lowest BCUT2D eigenvalue weighted by Crippen LogP contribution is -2.23. The van der Waals surface area contributed by atoms with Gasteiger partial charge in [-0.05, 0) is 23.6 Å². The molecule has 0 aliphatic heterocycles. The maximum Gasteiger partial charge on any atom is 0.305 e. The summed E-state index contributed by atoms with van der Waals surface area (Å²) >= 11 is 4.69. The van der Waals surface area contributed by atoms with Gasteiger partial charge in [-0.3, -0.25) is 4.79 Å². The Morgan fingerprint density at radius 1 is 1.45 bits per heavy atom. The minimum absolute atomic E-state index is 0.0291. The van der Waals surface area contributed by atoms with E-state index < -0.39 is 5.97 Å². The van der Waals surface area contributed by atoms with E-state index in [1.54, 1.807) is 12.1 Å². The number of aliphatic carboxylic acids is 1. The van der Waals surface area contributed by atoms with Gasteiger partial charge in [0.1, 0.15) is 5.82 Å². The van der Waals surface area contributed by atoms with Gasteiger partial charge in [-0.15, -0.1) is 11.3 Å².